The summed E-state index contributed by atoms with van der Waals surface area (Å²) in [5.41, 5.74) is 10.5. The van der Waals surface area contributed by atoms with Crippen molar-refractivity contribution in [3.63, 3.8) is 0 Å². The standard InChI is InChI=1S/C44H37F3/c1-4-44(46,47)29-35-13-17-41-28-40(23-22-39(41)26-35)38-20-18-37(19-21-38)36-15-11-33(12-16-36)14-24-42-31(3)25-34(27-43(42)45)10-9-32-7-5-30(2)6-8-32/h5-8,11-13,15-23,25-28H,4,9-10,29H2,1-3H3. The molecule has 0 heterocycles. The fourth-order valence-corrected chi connectivity index (χ4v) is 5.91. The third-order valence-corrected chi connectivity index (χ3v) is 8.82. The number of hydrogen-bond donors (Lipinski definition) is 0. The van der Waals surface area contributed by atoms with Gasteiger partial charge in [-0.05, 0) is 106 Å². The number of aryl methyl sites for hydroxylation is 4. The van der Waals surface area contributed by atoms with Crippen LogP contribution in [0.5, 0.6) is 0 Å². The van der Waals surface area contributed by atoms with E-state index >= 15 is 4.39 Å². The van der Waals surface area contributed by atoms with Crippen molar-refractivity contribution in [1.29, 1.82) is 0 Å². The van der Waals surface area contributed by atoms with Gasteiger partial charge in [-0.2, -0.15) is 0 Å². The summed E-state index contributed by atoms with van der Waals surface area (Å²) in [5, 5.41) is 1.98. The second-order valence-electron chi connectivity index (χ2n) is 12.4. The van der Waals surface area contributed by atoms with Gasteiger partial charge < -0.3 is 0 Å². The molecule has 3 heteroatoms. The zero-order chi connectivity index (χ0) is 33.0. The molecule has 0 saturated heterocycles. The Hall–Kier alpha value is -5.07. The van der Waals surface area contributed by atoms with Crippen LogP contribution in [-0.4, -0.2) is 5.92 Å². The maximum absolute atomic E-state index is 15.1. The molecular formula is C44H37F3. The largest absolute Gasteiger partial charge is 0.251 e. The van der Waals surface area contributed by atoms with Crippen molar-refractivity contribution < 1.29 is 13.2 Å². The lowest BCUT2D eigenvalue weighted by Gasteiger charge is -2.14. The average Bonchev–Trinajstić information content (AvgIpc) is 3.07. The van der Waals surface area contributed by atoms with Gasteiger partial charge in [-0.3, -0.25) is 0 Å². The van der Waals surface area contributed by atoms with Gasteiger partial charge in [-0.25, -0.2) is 13.2 Å². The third-order valence-electron chi connectivity index (χ3n) is 8.82. The molecular weight excluding hydrogens is 585 g/mol. The first-order valence-electron chi connectivity index (χ1n) is 16.1. The predicted molar refractivity (Wildman–Crippen MR) is 189 cm³/mol. The maximum Gasteiger partial charge on any atom is 0.251 e. The molecule has 0 atom stereocenters. The highest BCUT2D eigenvalue weighted by molar-refractivity contribution is 5.88. The minimum atomic E-state index is -2.68. The molecule has 0 aliphatic heterocycles. The van der Waals surface area contributed by atoms with Gasteiger partial charge in [0.05, 0.1) is 5.56 Å². The van der Waals surface area contributed by atoms with Crippen LogP contribution in [-0.2, 0) is 19.3 Å². The van der Waals surface area contributed by atoms with Crippen molar-refractivity contribution in [3.8, 4) is 34.1 Å². The molecule has 0 aromatic heterocycles. The van der Waals surface area contributed by atoms with Crippen LogP contribution in [0.1, 0.15) is 52.3 Å². The summed E-state index contributed by atoms with van der Waals surface area (Å²) < 4.78 is 42.8. The van der Waals surface area contributed by atoms with Gasteiger partial charge in [0.2, 0.25) is 0 Å². The molecule has 0 N–H and O–H groups in total. The summed E-state index contributed by atoms with van der Waals surface area (Å²) in [6, 6.07) is 40.2. The lowest BCUT2D eigenvalue weighted by molar-refractivity contribution is -0.00216. The Bertz CT molecular complexity index is 2050. The number of benzene rings is 6. The molecule has 0 aliphatic carbocycles. The Kier molecular flexibility index (Phi) is 9.32. The van der Waals surface area contributed by atoms with Crippen LogP contribution in [0.2, 0.25) is 0 Å². The molecule has 0 spiro atoms. The Morgan fingerprint density at radius 2 is 1.11 bits per heavy atom. The van der Waals surface area contributed by atoms with Crippen LogP contribution in [0.25, 0.3) is 33.0 Å². The van der Waals surface area contributed by atoms with Crippen molar-refractivity contribution in [3.05, 3.63) is 166 Å². The zero-order valence-electron chi connectivity index (χ0n) is 27.0. The third kappa shape index (κ3) is 7.84. The smallest absolute Gasteiger partial charge is 0.207 e. The summed E-state index contributed by atoms with van der Waals surface area (Å²) in [6.07, 6.45) is 1.25. The number of halogens is 3. The van der Waals surface area contributed by atoms with Crippen molar-refractivity contribution in [2.75, 3.05) is 0 Å². The van der Waals surface area contributed by atoms with Gasteiger partial charge in [0, 0.05) is 18.4 Å². The maximum atomic E-state index is 15.1. The molecule has 6 aromatic carbocycles. The second-order valence-corrected chi connectivity index (χ2v) is 12.4. The first-order valence-corrected chi connectivity index (χ1v) is 16.1. The normalized spacial score (nSPS) is 11.4. The molecule has 6 rings (SSSR count). The molecule has 47 heavy (non-hydrogen) atoms. The molecule has 0 bridgehead atoms. The predicted octanol–water partition coefficient (Wildman–Crippen LogP) is 11.7. The molecule has 0 fully saturated rings. The molecule has 0 amide bonds. The molecule has 0 aliphatic rings. The van der Waals surface area contributed by atoms with E-state index in [1.807, 2.05) is 61.5 Å². The van der Waals surface area contributed by atoms with Crippen molar-refractivity contribution in [1.82, 2.24) is 0 Å². The van der Waals surface area contributed by atoms with Crippen molar-refractivity contribution in [2.45, 2.75) is 52.4 Å². The van der Waals surface area contributed by atoms with Crippen molar-refractivity contribution >= 4 is 10.8 Å². The van der Waals surface area contributed by atoms with Crippen molar-refractivity contribution in [2.24, 2.45) is 0 Å². The monoisotopic (exact) mass is 622 g/mol. The zero-order valence-corrected chi connectivity index (χ0v) is 27.0. The van der Waals surface area contributed by atoms with E-state index in [4.69, 9.17) is 0 Å². The van der Waals surface area contributed by atoms with E-state index in [0.29, 0.717) is 11.1 Å². The van der Waals surface area contributed by atoms with Crippen LogP contribution in [0.15, 0.2) is 121 Å². The molecule has 0 nitrogen and oxygen atoms in total. The molecule has 0 unspecified atom stereocenters. The lowest BCUT2D eigenvalue weighted by atomic mass is 9.96. The molecule has 6 aromatic rings. The van der Waals surface area contributed by atoms with E-state index in [2.05, 4.69) is 73.4 Å². The minimum absolute atomic E-state index is 0.162. The van der Waals surface area contributed by atoms with Crippen LogP contribution in [0.4, 0.5) is 13.2 Å². The van der Waals surface area contributed by atoms with E-state index in [9.17, 15) is 8.78 Å². The van der Waals surface area contributed by atoms with E-state index in [-0.39, 0.29) is 18.7 Å². The van der Waals surface area contributed by atoms with E-state index in [1.165, 1.54) is 18.1 Å². The molecule has 0 radical (unpaired) electrons. The van der Waals surface area contributed by atoms with Gasteiger partial charge in [-0.1, -0.05) is 121 Å². The van der Waals surface area contributed by atoms with Gasteiger partial charge in [0.25, 0.3) is 5.92 Å². The van der Waals surface area contributed by atoms with Gasteiger partial charge in [0.1, 0.15) is 5.82 Å². The highest BCUT2D eigenvalue weighted by atomic mass is 19.3. The summed E-state index contributed by atoms with van der Waals surface area (Å²) in [7, 11) is 0. The van der Waals surface area contributed by atoms with Crippen LogP contribution < -0.4 is 0 Å². The van der Waals surface area contributed by atoms with Crippen LogP contribution >= 0.6 is 0 Å². The summed E-state index contributed by atoms with van der Waals surface area (Å²) in [5.74, 6) is 3.24. The Morgan fingerprint density at radius 1 is 0.553 bits per heavy atom. The van der Waals surface area contributed by atoms with Gasteiger partial charge >= 0.3 is 0 Å². The summed E-state index contributed by atoms with van der Waals surface area (Å²) >= 11 is 0. The summed E-state index contributed by atoms with van der Waals surface area (Å²) in [6.45, 7) is 5.51. The number of alkyl halides is 2. The molecule has 0 saturated carbocycles. The first kappa shape index (κ1) is 31.9. The van der Waals surface area contributed by atoms with E-state index in [0.717, 1.165) is 62.6 Å². The van der Waals surface area contributed by atoms with Crippen LogP contribution in [0, 0.1) is 31.5 Å². The Balaban J connectivity index is 1.11. The van der Waals surface area contributed by atoms with E-state index in [1.54, 1.807) is 12.1 Å². The minimum Gasteiger partial charge on any atom is -0.207 e. The molecule has 234 valence electrons. The number of fused-ring (bicyclic) bond motifs is 1. The van der Waals surface area contributed by atoms with Gasteiger partial charge in [0.15, 0.2) is 0 Å². The Morgan fingerprint density at radius 3 is 1.77 bits per heavy atom. The average molecular weight is 623 g/mol. The van der Waals surface area contributed by atoms with Crippen LogP contribution in [0.3, 0.4) is 0 Å². The van der Waals surface area contributed by atoms with Gasteiger partial charge in [-0.15, -0.1) is 0 Å². The highest BCUT2D eigenvalue weighted by Gasteiger charge is 2.26. The first-order chi connectivity index (χ1) is 22.7. The quantitative estimate of drug-likeness (QED) is 0.148. The number of rotatable bonds is 8. The topological polar surface area (TPSA) is 0 Å². The number of hydrogen-bond acceptors (Lipinski definition) is 0. The second kappa shape index (κ2) is 13.7. The fourth-order valence-electron chi connectivity index (χ4n) is 5.91. The lowest BCUT2D eigenvalue weighted by Crippen LogP contribution is -2.17. The fraction of sp³-hybridized carbons (Fsp3) is 0.182. The highest BCUT2D eigenvalue weighted by Crippen LogP contribution is 2.30. The SMILES string of the molecule is CCC(F)(F)Cc1ccc2cc(-c3ccc(-c4ccc(C#Cc5c(C)cc(CCc6ccc(C)cc6)cc5F)cc4)cc3)ccc2c1. The van der Waals surface area contributed by atoms with E-state index < -0.39 is 5.92 Å². The Labute approximate surface area is 275 Å². The summed E-state index contributed by atoms with van der Waals surface area (Å²) in [4.78, 5) is 0.